The van der Waals surface area contributed by atoms with E-state index in [4.69, 9.17) is 10.5 Å². The first-order chi connectivity index (χ1) is 7.36. The van der Waals surface area contributed by atoms with Gasteiger partial charge in [0.15, 0.2) is 0 Å². The van der Waals surface area contributed by atoms with Crippen molar-refractivity contribution in [3.8, 4) is 12.1 Å². The van der Waals surface area contributed by atoms with Gasteiger partial charge in [0.1, 0.15) is 0 Å². The summed E-state index contributed by atoms with van der Waals surface area (Å²) in [4.78, 5) is 0. The van der Waals surface area contributed by atoms with Crippen LogP contribution in [0.4, 0.5) is 5.69 Å². The lowest BCUT2D eigenvalue weighted by atomic mass is 10.1. The van der Waals surface area contributed by atoms with E-state index >= 15 is 0 Å². The van der Waals surface area contributed by atoms with Gasteiger partial charge in [-0.3, -0.25) is 0 Å². The Balaban J connectivity index is 2.37. The maximum atomic E-state index is 8.49. The van der Waals surface area contributed by atoms with Crippen LogP contribution in [0.25, 0.3) is 0 Å². The molecular weight excluding hydrogens is 186 g/mol. The average molecular weight is 199 g/mol. The van der Waals surface area contributed by atoms with Crippen LogP contribution in [0.15, 0.2) is 24.3 Å². The molecule has 76 valence electrons. The lowest BCUT2D eigenvalue weighted by Gasteiger charge is -2.04. The topological polar surface area (TPSA) is 59.6 Å². The molecule has 0 aromatic heterocycles. The minimum atomic E-state index is 0.453. The number of hydrogen-bond donors (Lipinski definition) is 1. The summed E-state index contributed by atoms with van der Waals surface area (Å²) in [6.07, 6.45) is 1.89. The molecule has 0 aliphatic carbocycles. The van der Waals surface area contributed by atoms with E-state index in [1.165, 1.54) is 0 Å². The first-order valence-electron chi connectivity index (χ1n) is 4.93. The minimum Gasteiger partial charge on any atom is -0.385 e. The molecular formula is C12H13N3. The van der Waals surface area contributed by atoms with Gasteiger partial charge in [-0.2, -0.15) is 10.5 Å². The zero-order chi connectivity index (χ0) is 10.9. The van der Waals surface area contributed by atoms with Gasteiger partial charge < -0.3 is 5.32 Å². The lowest BCUT2D eigenvalue weighted by molar-refractivity contribution is 0.897. The Morgan fingerprint density at radius 1 is 1.07 bits per heavy atom. The molecule has 0 amide bonds. The number of rotatable bonds is 5. The van der Waals surface area contributed by atoms with Gasteiger partial charge >= 0.3 is 0 Å². The Hall–Kier alpha value is -2.00. The number of nitrogens with one attached hydrogen (secondary N) is 1. The van der Waals surface area contributed by atoms with Gasteiger partial charge in [-0.1, -0.05) is 12.1 Å². The highest BCUT2D eigenvalue weighted by molar-refractivity contribution is 5.44. The van der Waals surface area contributed by atoms with E-state index in [1.807, 2.05) is 24.3 Å². The summed E-state index contributed by atoms with van der Waals surface area (Å²) >= 11 is 0. The van der Waals surface area contributed by atoms with Crippen molar-refractivity contribution in [2.75, 3.05) is 11.9 Å². The minimum absolute atomic E-state index is 0.453. The van der Waals surface area contributed by atoms with Crippen LogP contribution < -0.4 is 5.32 Å². The maximum Gasteiger partial charge on any atom is 0.0669 e. The van der Waals surface area contributed by atoms with Crippen molar-refractivity contribution < 1.29 is 0 Å². The monoisotopic (exact) mass is 199 g/mol. The standard InChI is InChI=1S/C12H13N3/c13-8-1-2-10-15-12-5-3-11(4-6-12)7-9-14/h3-6,15H,1-2,7,10H2. The second-order valence-corrected chi connectivity index (χ2v) is 3.22. The van der Waals surface area contributed by atoms with Gasteiger partial charge in [-0.05, 0) is 24.1 Å². The van der Waals surface area contributed by atoms with Gasteiger partial charge in [-0.15, -0.1) is 0 Å². The van der Waals surface area contributed by atoms with E-state index in [1.54, 1.807) is 0 Å². The third kappa shape index (κ3) is 4.15. The lowest BCUT2D eigenvalue weighted by Crippen LogP contribution is -2.00. The number of benzene rings is 1. The zero-order valence-corrected chi connectivity index (χ0v) is 8.53. The van der Waals surface area contributed by atoms with E-state index < -0.39 is 0 Å². The summed E-state index contributed by atoms with van der Waals surface area (Å²) in [7, 11) is 0. The Morgan fingerprint density at radius 3 is 2.40 bits per heavy atom. The summed E-state index contributed by atoms with van der Waals surface area (Å²) in [6, 6.07) is 12.0. The molecule has 1 N–H and O–H groups in total. The first-order valence-corrected chi connectivity index (χ1v) is 4.93. The zero-order valence-electron chi connectivity index (χ0n) is 8.53. The van der Waals surface area contributed by atoms with Crippen molar-refractivity contribution in [1.29, 1.82) is 10.5 Å². The molecule has 3 heteroatoms. The first kappa shape index (κ1) is 11.1. The van der Waals surface area contributed by atoms with Crippen molar-refractivity contribution in [2.45, 2.75) is 19.3 Å². The van der Waals surface area contributed by atoms with Crippen LogP contribution in [0.3, 0.4) is 0 Å². The summed E-state index contributed by atoms with van der Waals surface area (Å²) in [6.45, 7) is 0.811. The van der Waals surface area contributed by atoms with Crippen molar-refractivity contribution in [3.63, 3.8) is 0 Å². The van der Waals surface area contributed by atoms with E-state index in [0.29, 0.717) is 12.8 Å². The smallest absolute Gasteiger partial charge is 0.0669 e. The van der Waals surface area contributed by atoms with Gasteiger partial charge in [0, 0.05) is 18.7 Å². The van der Waals surface area contributed by atoms with Crippen molar-refractivity contribution in [2.24, 2.45) is 0 Å². The molecule has 15 heavy (non-hydrogen) atoms. The SMILES string of the molecule is N#CCCCNc1ccc(CC#N)cc1. The highest BCUT2D eigenvalue weighted by atomic mass is 14.9. The van der Waals surface area contributed by atoms with Crippen molar-refractivity contribution >= 4 is 5.69 Å². The molecule has 0 bridgehead atoms. The third-order valence-electron chi connectivity index (χ3n) is 2.03. The van der Waals surface area contributed by atoms with Crippen LogP contribution in [-0.4, -0.2) is 6.54 Å². The van der Waals surface area contributed by atoms with Crippen LogP contribution in [0.5, 0.6) is 0 Å². The molecule has 0 saturated carbocycles. The molecule has 0 aliphatic rings. The fourth-order valence-corrected chi connectivity index (χ4v) is 1.23. The molecule has 0 saturated heterocycles. The fourth-order valence-electron chi connectivity index (χ4n) is 1.23. The summed E-state index contributed by atoms with van der Waals surface area (Å²) in [5.41, 5.74) is 2.06. The Labute approximate surface area is 90.0 Å². The predicted octanol–water partition coefficient (Wildman–Crippen LogP) is 2.47. The van der Waals surface area contributed by atoms with Crippen LogP contribution >= 0.6 is 0 Å². The molecule has 0 fully saturated rings. The molecule has 0 unspecified atom stereocenters. The average Bonchev–Trinajstić information content (AvgIpc) is 2.27. The van der Waals surface area contributed by atoms with Crippen LogP contribution in [0.1, 0.15) is 18.4 Å². The quantitative estimate of drug-likeness (QED) is 0.741. The fraction of sp³-hybridized carbons (Fsp3) is 0.333. The van der Waals surface area contributed by atoms with E-state index in [0.717, 1.165) is 24.2 Å². The van der Waals surface area contributed by atoms with Crippen LogP contribution in [0.2, 0.25) is 0 Å². The maximum absolute atomic E-state index is 8.49. The van der Waals surface area contributed by atoms with Crippen molar-refractivity contribution in [3.05, 3.63) is 29.8 Å². The van der Waals surface area contributed by atoms with Crippen LogP contribution in [-0.2, 0) is 6.42 Å². The molecule has 1 aromatic rings. The predicted molar refractivity (Wildman–Crippen MR) is 59.1 cm³/mol. The molecule has 1 aromatic carbocycles. The number of nitriles is 2. The molecule has 3 nitrogen and oxygen atoms in total. The van der Waals surface area contributed by atoms with Gasteiger partial charge in [0.2, 0.25) is 0 Å². The van der Waals surface area contributed by atoms with Gasteiger partial charge in [0.05, 0.1) is 18.6 Å². The van der Waals surface area contributed by atoms with E-state index in [2.05, 4.69) is 17.5 Å². The Bertz CT molecular complexity index is 367. The Morgan fingerprint density at radius 2 is 1.80 bits per heavy atom. The summed E-state index contributed by atoms with van der Waals surface area (Å²) in [5, 5.41) is 20.1. The second-order valence-electron chi connectivity index (χ2n) is 3.22. The highest BCUT2D eigenvalue weighted by Crippen LogP contribution is 2.09. The summed E-state index contributed by atoms with van der Waals surface area (Å²) in [5.74, 6) is 0. The summed E-state index contributed by atoms with van der Waals surface area (Å²) < 4.78 is 0. The number of nitrogens with zero attached hydrogens (tertiary/aromatic N) is 2. The number of anilines is 1. The van der Waals surface area contributed by atoms with Gasteiger partial charge in [-0.25, -0.2) is 0 Å². The largest absolute Gasteiger partial charge is 0.385 e. The highest BCUT2D eigenvalue weighted by Gasteiger charge is 1.93. The molecule has 0 radical (unpaired) electrons. The molecule has 0 atom stereocenters. The second kappa shape index (κ2) is 6.45. The Kier molecular flexibility index (Phi) is 4.77. The number of unbranched alkanes of at least 4 members (excludes halogenated alkanes) is 1. The number of hydrogen-bond acceptors (Lipinski definition) is 3. The van der Waals surface area contributed by atoms with Crippen molar-refractivity contribution in [1.82, 2.24) is 0 Å². The molecule has 0 heterocycles. The van der Waals surface area contributed by atoms with Gasteiger partial charge in [0.25, 0.3) is 0 Å². The molecule has 0 aliphatic heterocycles. The molecule has 1 rings (SSSR count). The normalized spacial score (nSPS) is 8.93. The van der Waals surface area contributed by atoms with Crippen LogP contribution in [0, 0.1) is 22.7 Å². The molecule has 0 spiro atoms. The van der Waals surface area contributed by atoms with E-state index in [-0.39, 0.29) is 0 Å². The van der Waals surface area contributed by atoms with E-state index in [9.17, 15) is 0 Å². The third-order valence-corrected chi connectivity index (χ3v) is 2.03.